The standard InChI is InChI=1S/C28H41N5O5/c1-19(2)16-23(32-28(38)33-14-7-3-4-8-15-33)27(37)31-24(26(36)29-13-9-12-25(34)35)17-20-18-30-22-11-6-5-10-21(20)22/h5-6,10-11,18-19,23-24,30H,3-4,7-9,12-17H2,1-2H3,(H,29,36)(H,31,37)(H,32,38)(H,34,35)/t23-,24+/m0/s1. The first-order chi connectivity index (χ1) is 18.2. The summed E-state index contributed by atoms with van der Waals surface area (Å²) < 4.78 is 0. The molecule has 1 fully saturated rings. The number of nitrogens with zero attached hydrogens (tertiary/aromatic N) is 1. The third-order valence-corrected chi connectivity index (χ3v) is 6.81. The topological polar surface area (TPSA) is 144 Å². The molecule has 0 unspecified atom stereocenters. The fourth-order valence-corrected chi connectivity index (χ4v) is 4.79. The van der Waals surface area contributed by atoms with E-state index >= 15 is 0 Å². The lowest BCUT2D eigenvalue weighted by molar-refractivity contribution is -0.137. The number of benzene rings is 1. The summed E-state index contributed by atoms with van der Waals surface area (Å²) in [6.07, 6.45) is 6.82. The Bertz CT molecular complexity index is 1090. The number of amides is 4. The number of carboxylic acid groups (broad SMARTS) is 1. The number of H-pyrrole nitrogens is 1. The van der Waals surface area contributed by atoms with Crippen LogP contribution in [0.1, 0.15) is 64.4 Å². The highest BCUT2D eigenvalue weighted by atomic mass is 16.4. The van der Waals surface area contributed by atoms with E-state index in [1.165, 1.54) is 0 Å². The SMILES string of the molecule is CC(C)C[C@H](NC(=O)N1CCCCCC1)C(=O)N[C@H](Cc1c[nH]c2ccccc12)C(=O)NCCCC(=O)O. The van der Waals surface area contributed by atoms with Gasteiger partial charge in [0.15, 0.2) is 0 Å². The molecular weight excluding hydrogens is 486 g/mol. The molecule has 0 radical (unpaired) electrons. The monoisotopic (exact) mass is 527 g/mol. The summed E-state index contributed by atoms with van der Waals surface area (Å²) in [7, 11) is 0. The molecule has 38 heavy (non-hydrogen) atoms. The normalized spacial score (nSPS) is 15.5. The number of hydrogen-bond acceptors (Lipinski definition) is 4. The second kappa shape index (κ2) is 14.4. The average Bonchev–Trinajstić information content (AvgIpc) is 3.08. The van der Waals surface area contributed by atoms with Gasteiger partial charge in [-0.15, -0.1) is 0 Å². The number of hydrogen-bond donors (Lipinski definition) is 5. The van der Waals surface area contributed by atoms with Crippen LogP contribution in [0.25, 0.3) is 10.9 Å². The number of fused-ring (bicyclic) bond motifs is 1. The fourth-order valence-electron chi connectivity index (χ4n) is 4.79. The summed E-state index contributed by atoms with van der Waals surface area (Å²) in [6.45, 7) is 5.49. The molecule has 0 spiro atoms. The van der Waals surface area contributed by atoms with E-state index in [1.54, 1.807) is 4.90 Å². The van der Waals surface area contributed by atoms with Crippen molar-refractivity contribution < 1.29 is 24.3 Å². The largest absolute Gasteiger partial charge is 0.481 e. The molecule has 2 aromatic rings. The second-order valence-electron chi connectivity index (χ2n) is 10.4. The molecule has 0 saturated carbocycles. The van der Waals surface area contributed by atoms with Crippen LogP contribution < -0.4 is 16.0 Å². The molecule has 0 bridgehead atoms. The molecule has 2 heterocycles. The Morgan fingerprint density at radius 1 is 0.974 bits per heavy atom. The number of likely N-dealkylation sites (tertiary alicyclic amines) is 1. The summed E-state index contributed by atoms with van der Waals surface area (Å²) in [4.78, 5) is 55.4. The van der Waals surface area contributed by atoms with Gasteiger partial charge in [0.25, 0.3) is 0 Å². The zero-order chi connectivity index (χ0) is 27.5. The van der Waals surface area contributed by atoms with Crippen molar-refractivity contribution in [2.45, 2.75) is 77.3 Å². The number of rotatable bonds is 12. The van der Waals surface area contributed by atoms with E-state index in [2.05, 4.69) is 20.9 Å². The van der Waals surface area contributed by atoms with Gasteiger partial charge < -0.3 is 30.9 Å². The van der Waals surface area contributed by atoms with E-state index in [9.17, 15) is 19.2 Å². The van der Waals surface area contributed by atoms with Crippen LogP contribution in [-0.2, 0) is 20.8 Å². The predicted octanol–water partition coefficient (Wildman–Crippen LogP) is 3.18. The minimum absolute atomic E-state index is 0.0568. The van der Waals surface area contributed by atoms with Crippen molar-refractivity contribution in [1.82, 2.24) is 25.8 Å². The maximum absolute atomic E-state index is 13.5. The minimum Gasteiger partial charge on any atom is -0.481 e. The van der Waals surface area contributed by atoms with Crippen LogP contribution in [0.5, 0.6) is 0 Å². The fraction of sp³-hybridized carbons (Fsp3) is 0.571. The molecule has 1 aliphatic rings. The molecule has 0 aliphatic carbocycles. The van der Waals surface area contributed by atoms with E-state index in [4.69, 9.17) is 5.11 Å². The highest BCUT2D eigenvalue weighted by molar-refractivity contribution is 5.92. The third-order valence-electron chi connectivity index (χ3n) is 6.81. The molecule has 2 atom stereocenters. The summed E-state index contributed by atoms with van der Waals surface area (Å²) >= 11 is 0. The number of carboxylic acids is 1. The maximum atomic E-state index is 13.5. The van der Waals surface area contributed by atoms with Crippen LogP contribution in [-0.4, -0.2) is 70.5 Å². The van der Waals surface area contributed by atoms with Crippen molar-refractivity contribution in [2.24, 2.45) is 5.92 Å². The van der Waals surface area contributed by atoms with Crippen molar-refractivity contribution in [3.05, 3.63) is 36.0 Å². The number of urea groups is 1. The third kappa shape index (κ3) is 8.78. The first-order valence-corrected chi connectivity index (χ1v) is 13.6. The summed E-state index contributed by atoms with van der Waals surface area (Å²) in [5.41, 5.74) is 1.80. The van der Waals surface area contributed by atoms with E-state index < -0.39 is 29.9 Å². The Morgan fingerprint density at radius 3 is 2.37 bits per heavy atom. The average molecular weight is 528 g/mol. The second-order valence-corrected chi connectivity index (χ2v) is 10.4. The lowest BCUT2D eigenvalue weighted by Gasteiger charge is -2.27. The van der Waals surface area contributed by atoms with Crippen LogP contribution in [0, 0.1) is 5.92 Å². The number of aliphatic carboxylic acids is 1. The predicted molar refractivity (Wildman–Crippen MR) is 146 cm³/mol. The highest BCUT2D eigenvalue weighted by Crippen LogP contribution is 2.19. The molecule has 208 valence electrons. The molecule has 5 N–H and O–H groups in total. The number of para-hydroxylation sites is 1. The van der Waals surface area contributed by atoms with E-state index in [0.717, 1.165) is 42.1 Å². The van der Waals surface area contributed by atoms with Gasteiger partial charge in [0.2, 0.25) is 11.8 Å². The molecule has 4 amide bonds. The Morgan fingerprint density at radius 2 is 1.68 bits per heavy atom. The van der Waals surface area contributed by atoms with Gasteiger partial charge >= 0.3 is 12.0 Å². The lowest BCUT2D eigenvalue weighted by atomic mass is 10.0. The number of aromatic amines is 1. The quantitative estimate of drug-likeness (QED) is 0.269. The lowest BCUT2D eigenvalue weighted by Crippen LogP contribution is -2.56. The van der Waals surface area contributed by atoms with Gasteiger partial charge in [-0.1, -0.05) is 44.9 Å². The number of nitrogens with one attached hydrogen (secondary N) is 4. The Labute approximate surface area is 223 Å². The van der Waals surface area contributed by atoms with Gasteiger partial charge in [-0.2, -0.15) is 0 Å². The molecule has 3 rings (SSSR count). The van der Waals surface area contributed by atoms with Crippen LogP contribution in [0.15, 0.2) is 30.5 Å². The van der Waals surface area contributed by atoms with Crippen molar-refractivity contribution in [2.75, 3.05) is 19.6 Å². The molecule has 1 aromatic heterocycles. The van der Waals surface area contributed by atoms with Gasteiger partial charge in [-0.25, -0.2) is 4.79 Å². The number of carbonyl (C=O) groups excluding carboxylic acids is 3. The van der Waals surface area contributed by atoms with Crippen LogP contribution in [0.3, 0.4) is 0 Å². The summed E-state index contributed by atoms with van der Waals surface area (Å²) in [6, 6.07) is 5.80. The first-order valence-electron chi connectivity index (χ1n) is 13.6. The van der Waals surface area contributed by atoms with Crippen molar-refractivity contribution in [3.63, 3.8) is 0 Å². The van der Waals surface area contributed by atoms with Crippen molar-refractivity contribution in [3.8, 4) is 0 Å². The van der Waals surface area contributed by atoms with Crippen LogP contribution >= 0.6 is 0 Å². The smallest absolute Gasteiger partial charge is 0.318 e. The van der Waals surface area contributed by atoms with Crippen LogP contribution in [0.4, 0.5) is 4.79 Å². The molecule has 10 nitrogen and oxygen atoms in total. The molecule has 1 aromatic carbocycles. The van der Waals surface area contributed by atoms with Gasteiger partial charge in [0, 0.05) is 49.6 Å². The number of aromatic nitrogens is 1. The van der Waals surface area contributed by atoms with Crippen molar-refractivity contribution >= 4 is 34.7 Å². The zero-order valence-corrected chi connectivity index (χ0v) is 22.4. The zero-order valence-electron chi connectivity index (χ0n) is 22.4. The first kappa shape index (κ1) is 29.0. The van der Waals surface area contributed by atoms with Crippen LogP contribution in [0.2, 0.25) is 0 Å². The van der Waals surface area contributed by atoms with E-state index in [-0.39, 0.29) is 37.8 Å². The molecule has 10 heteroatoms. The Hall–Kier alpha value is -3.56. The van der Waals surface area contributed by atoms with Gasteiger partial charge in [-0.05, 0) is 43.2 Å². The molecule has 1 saturated heterocycles. The number of carbonyl (C=O) groups is 4. The van der Waals surface area contributed by atoms with Gasteiger partial charge in [-0.3, -0.25) is 14.4 Å². The Kier molecular flexibility index (Phi) is 11.0. The Balaban J connectivity index is 1.74. The van der Waals surface area contributed by atoms with Crippen molar-refractivity contribution in [1.29, 1.82) is 0 Å². The molecule has 1 aliphatic heterocycles. The van der Waals surface area contributed by atoms with Gasteiger partial charge in [0.05, 0.1) is 0 Å². The van der Waals surface area contributed by atoms with Gasteiger partial charge in [0.1, 0.15) is 12.1 Å². The minimum atomic E-state index is -0.931. The summed E-state index contributed by atoms with van der Waals surface area (Å²) in [5, 5.41) is 18.4. The highest BCUT2D eigenvalue weighted by Gasteiger charge is 2.29. The summed E-state index contributed by atoms with van der Waals surface area (Å²) in [5.74, 6) is -1.59. The van der Waals surface area contributed by atoms with E-state index in [0.29, 0.717) is 19.5 Å². The maximum Gasteiger partial charge on any atom is 0.318 e. The van der Waals surface area contributed by atoms with E-state index in [1.807, 2.05) is 44.3 Å². The molecular formula is C28H41N5O5.